The van der Waals surface area contributed by atoms with Gasteiger partial charge in [0, 0.05) is 11.3 Å². The van der Waals surface area contributed by atoms with Crippen LogP contribution in [0.1, 0.15) is 15.9 Å². The molecule has 4 heteroatoms. The van der Waals surface area contributed by atoms with E-state index in [1.165, 1.54) is 18.2 Å². The van der Waals surface area contributed by atoms with Crippen molar-refractivity contribution in [2.24, 2.45) is 0 Å². The smallest absolute Gasteiger partial charge is 0.255 e. The van der Waals surface area contributed by atoms with Gasteiger partial charge in [-0.2, -0.15) is 0 Å². The molecule has 92 valence electrons. The molecule has 0 saturated heterocycles. The number of hydrogen-bond donors (Lipinski definition) is 1. The van der Waals surface area contributed by atoms with Crippen molar-refractivity contribution in [2.75, 3.05) is 5.32 Å². The number of carbonyl (C=O) groups excluding carboxylic acids is 1. The molecule has 0 saturated carbocycles. The number of anilines is 1. The topological polar surface area (TPSA) is 29.1 Å². The molecule has 0 aromatic heterocycles. The van der Waals surface area contributed by atoms with E-state index in [2.05, 4.69) is 21.2 Å². The van der Waals surface area contributed by atoms with Crippen LogP contribution in [-0.4, -0.2) is 5.91 Å². The number of benzene rings is 2. The number of amides is 1. The first kappa shape index (κ1) is 12.8. The van der Waals surface area contributed by atoms with Gasteiger partial charge in [-0.3, -0.25) is 4.79 Å². The molecule has 0 fully saturated rings. The lowest BCUT2D eigenvalue weighted by Crippen LogP contribution is -2.11. The fourth-order valence-electron chi connectivity index (χ4n) is 1.56. The highest BCUT2D eigenvalue weighted by atomic mass is 79.9. The summed E-state index contributed by atoms with van der Waals surface area (Å²) in [6.07, 6.45) is 0. The minimum Gasteiger partial charge on any atom is -0.322 e. The molecule has 0 spiro atoms. The molecule has 0 aliphatic carbocycles. The number of nitrogens with one attached hydrogen (secondary N) is 1. The van der Waals surface area contributed by atoms with Crippen LogP contribution in [0.2, 0.25) is 0 Å². The van der Waals surface area contributed by atoms with Crippen LogP contribution in [0.4, 0.5) is 10.1 Å². The van der Waals surface area contributed by atoms with E-state index in [1.54, 1.807) is 12.1 Å². The second kappa shape index (κ2) is 5.31. The fourth-order valence-corrected chi connectivity index (χ4v) is 1.94. The zero-order valence-electron chi connectivity index (χ0n) is 9.71. The monoisotopic (exact) mass is 307 g/mol. The van der Waals surface area contributed by atoms with Crippen LogP contribution in [0.3, 0.4) is 0 Å². The van der Waals surface area contributed by atoms with Gasteiger partial charge >= 0.3 is 0 Å². The molecule has 1 N–H and O–H groups in total. The zero-order valence-corrected chi connectivity index (χ0v) is 11.3. The predicted molar refractivity (Wildman–Crippen MR) is 73.2 cm³/mol. The molecule has 0 aliphatic rings. The average Bonchev–Trinajstić information content (AvgIpc) is 2.34. The first-order valence-electron chi connectivity index (χ1n) is 5.39. The largest absolute Gasteiger partial charge is 0.322 e. The molecule has 2 aromatic carbocycles. The summed E-state index contributed by atoms with van der Waals surface area (Å²) in [5, 5.41) is 2.72. The Labute approximate surface area is 113 Å². The van der Waals surface area contributed by atoms with Gasteiger partial charge in [0.25, 0.3) is 5.91 Å². The molecule has 0 unspecified atom stereocenters. The number of hydrogen-bond acceptors (Lipinski definition) is 1. The van der Waals surface area contributed by atoms with Gasteiger partial charge in [-0.25, -0.2) is 4.39 Å². The van der Waals surface area contributed by atoms with Crippen LogP contribution in [0.5, 0.6) is 0 Å². The third-order valence-corrected chi connectivity index (χ3v) is 3.07. The Hall–Kier alpha value is -1.68. The van der Waals surface area contributed by atoms with Gasteiger partial charge in [-0.05, 0) is 53.2 Å². The summed E-state index contributed by atoms with van der Waals surface area (Å²) in [6.45, 7) is 1.92. The summed E-state index contributed by atoms with van der Waals surface area (Å²) in [6, 6.07) is 11.6. The number of rotatable bonds is 2. The maximum Gasteiger partial charge on any atom is 0.255 e. The molecule has 18 heavy (non-hydrogen) atoms. The highest BCUT2D eigenvalue weighted by Gasteiger charge is 2.07. The van der Waals surface area contributed by atoms with E-state index in [9.17, 15) is 9.18 Å². The van der Waals surface area contributed by atoms with Gasteiger partial charge in [0.05, 0.1) is 4.47 Å². The van der Waals surface area contributed by atoms with E-state index < -0.39 is 0 Å². The Morgan fingerprint density at radius 1 is 1.22 bits per heavy atom. The summed E-state index contributed by atoms with van der Waals surface area (Å²) in [5.74, 6) is -0.569. The van der Waals surface area contributed by atoms with Gasteiger partial charge in [0.2, 0.25) is 0 Å². The van der Waals surface area contributed by atoms with Crippen LogP contribution in [0, 0.1) is 12.7 Å². The Balaban J connectivity index is 2.18. The fraction of sp³-hybridized carbons (Fsp3) is 0.0714. The molecular weight excluding hydrogens is 297 g/mol. The Kier molecular flexibility index (Phi) is 3.77. The van der Waals surface area contributed by atoms with Crippen LogP contribution in [0.15, 0.2) is 46.9 Å². The van der Waals surface area contributed by atoms with Crippen molar-refractivity contribution in [3.05, 3.63) is 63.9 Å². The van der Waals surface area contributed by atoms with Crippen molar-refractivity contribution >= 4 is 27.5 Å². The second-order valence-corrected chi connectivity index (χ2v) is 4.81. The van der Waals surface area contributed by atoms with Gasteiger partial charge in [-0.15, -0.1) is 0 Å². The minimum absolute atomic E-state index is 0.211. The van der Waals surface area contributed by atoms with E-state index in [4.69, 9.17) is 0 Å². The first-order valence-corrected chi connectivity index (χ1v) is 6.18. The van der Waals surface area contributed by atoms with Crippen molar-refractivity contribution in [1.29, 1.82) is 0 Å². The Bertz CT molecular complexity index is 598. The van der Waals surface area contributed by atoms with Crippen molar-refractivity contribution in [3.63, 3.8) is 0 Å². The maximum absolute atomic E-state index is 13.1. The van der Waals surface area contributed by atoms with Crippen molar-refractivity contribution in [3.8, 4) is 0 Å². The predicted octanol–water partition coefficient (Wildman–Crippen LogP) is 4.15. The summed E-state index contributed by atoms with van der Waals surface area (Å²) < 4.78 is 13.4. The molecule has 0 heterocycles. The van der Waals surface area contributed by atoms with Crippen molar-refractivity contribution < 1.29 is 9.18 Å². The number of carbonyl (C=O) groups is 1. The maximum atomic E-state index is 13.1. The quantitative estimate of drug-likeness (QED) is 0.887. The van der Waals surface area contributed by atoms with Gasteiger partial charge in [0.1, 0.15) is 5.82 Å². The van der Waals surface area contributed by atoms with Crippen LogP contribution >= 0.6 is 15.9 Å². The highest BCUT2D eigenvalue weighted by Crippen LogP contribution is 2.20. The van der Waals surface area contributed by atoms with Crippen LogP contribution < -0.4 is 5.32 Å². The number of aryl methyl sites for hydroxylation is 1. The summed E-state index contributed by atoms with van der Waals surface area (Å²) in [7, 11) is 0. The van der Waals surface area contributed by atoms with Crippen LogP contribution in [-0.2, 0) is 0 Å². The summed E-state index contributed by atoms with van der Waals surface area (Å²) >= 11 is 3.08. The molecule has 1 amide bonds. The van der Waals surface area contributed by atoms with Gasteiger partial charge in [0.15, 0.2) is 0 Å². The molecule has 0 bridgehead atoms. The summed E-state index contributed by atoms with van der Waals surface area (Å²) in [4.78, 5) is 11.9. The Morgan fingerprint density at radius 3 is 2.67 bits per heavy atom. The van der Waals surface area contributed by atoms with E-state index in [1.807, 2.05) is 19.1 Å². The third-order valence-electron chi connectivity index (χ3n) is 2.46. The molecule has 0 aliphatic heterocycles. The highest BCUT2D eigenvalue weighted by molar-refractivity contribution is 9.10. The molecule has 2 aromatic rings. The lowest BCUT2D eigenvalue weighted by Gasteiger charge is -2.06. The molecule has 2 nitrogen and oxygen atoms in total. The lowest BCUT2D eigenvalue weighted by atomic mass is 10.1. The molecule has 0 atom stereocenters. The average molecular weight is 308 g/mol. The van der Waals surface area contributed by atoms with Gasteiger partial charge < -0.3 is 5.32 Å². The van der Waals surface area contributed by atoms with Crippen LogP contribution in [0.25, 0.3) is 0 Å². The normalized spacial score (nSPS) is 10.2. The zero-order chi connectivity index (χ0) is 13.1. The van der Waals surface area contributed by atoms with E-state index in [0.29, 0.717) is 15.7 Å². The first-order chi connectivity index (χ1) is 8.56. The van der Waals surface area contributed by atoms with E-state index >= 15 is 0 Å². The third kappa shape index (κ3) is 2.96. The Morgan fingerprint density at radius 2 is 2.00 bits per heavy atom. The lowest BCUT2D eigenvalue weighted by molar-refractivity contribution is 0.102. The van der Waals surface area contributed by atoms with E-state index in [0.717, 1.165) is 5.56 Å². The SMILES string of the molecule is Cc1cccc(C(=O)Nc2ccc(F)c(Br)c2)c1. The molecule has 2 rings (SSSR count). The van der Waals surface area contributed by atoms with E-state index in [-0.39, 0.29) is 11.7 Å². The summed E-state index contributed by atoms with van der Waals surface area (Å²) in [5.41, 5.74) is 2.15. The second-order valence-electron chi connectivity index (χ2n) is 3.95. The van der Waals surface area contributed by atoms with Gasteiger partial charge in [-0.1, -0.05) is 17.7 Å². The van der Waals surface area contributed by atoms with Crippen molar-refractivity contribution in [2.45, 2.75) is 6.92 Å². The standard InChI is InChI=1S/C14H11BrFNO/c1-9-3-2-4-10(7-9)14(18)17-11-5-6-13(16)12(15)8-11/h2-8H,1H3,(H,17,18). The number of halogens is 2. The van der Waals surface area contributed by atoms with Crippen molar-refractivity contribution in [1.82, 2.24) is 0 Å². The minimum atomic E-state index is -0.358. The molecule has 0 radical (unpaired) electrons. The molecular formula is C14H11BrFNO.